The summed E-state index contributed by atoms with van der Waals surface area (Å²) in [7, 11) is 0. The molecular formula is C19H27FN2O. The van der Waals surface area contributed by atoms with Gasteiger partial charge in [-0.25, -0.2) is 9.18 Å². The number of nitrogens with zero attached hydrogens (tertiary/aromatic N) is 1. The van der Waals surface area contributed by atoms with Crippen molar-refractivity contribution in [3.8, 4) is 0 Å². The van der Waals surface area contributed by atoms with Gasteiger partial charge in [0.05, 0.1) is 0 Å². The Hall–Kier alpha value is -1.58. The van der Waals surface area contributed by atoms with E-state index < -0.39 is 0 Å². The van der Waals surface area contributed by atoms with E-state index in [9.17, 15) is 9.18 Å². The van der Waals surface area contributed by atoms with Crippen molar-refractivity contribution in [2.75, 3.05) is 13.1 Å². The molecule has 4 heteroatoms. The van der Waals surface area contributed by atoms with Crippen LogP contribution in [0.2, 0.25) is 0 Å². The Bertz CT molecular complexity index is 584. The number of hydrogen-bond acceptors (Lipinski definition) is 1. The lowest BCUT2D eigenvalue weighted by Gasteiger charge is -2.39. The maximum atomic E-state index is 12.9. The van der Waals surface area contributed by atoms with E-state index in [-0.39, 0.29) is 17.3 Å². The first kappa shape index (κ1) is 16.3. The molecular weight excluding hydrogens is 291 g/mol. The number of likely N-dealkylation sites (tertiary alicyclic amines) is 1. The number of fused-ring (bicyclic) bond motifs is 2. The van der Waals surface area contributed by atoms with E-state index in [4.69, 9.17) is 0 Å². The second-order valence-electron chi connectivity index (χ2n) is 8.45. The average molecular weight is 318 g/mol. The fourth-order valence-corrected chi connectivity index (χ4v) is 4.76. The summed E-state index contributed by atoms with van der Waals surface area (Å²) >= 11 is 0. The first-order chi connectivity index (χ1) is 10.8. The van der Waals surface area contributed by atoms with Crippen LogP contribution in [0.15, 0.2) is 24.3 Å². The summed E-state index contributed by atoms with van der Waals surface area (Å²) in [5.74, 6) is -0.224. The molecule has 0 spiro atoms. The van der Waals surface area contributed by atoms with Gasteiger partial charge >= 0.3 is 6.03 Å². The van der Waals surface area contributed by atoms with Crippen LogP contribution in [-0.2, 0) is 6.42 Å². The van der Waals surface area contributed by atoms with E-state index in [1.54, 1.807) is 12.1 Å². The van der Waals surface area contributed by atoms with E-state index in [0.717, 1.165) is 31.4 Å². The molecule has 3 rings (SSSR count). The minimum absolute atomic E-state index is 0.0542. The van der Waals surface area contributed by atoms with Gasteiger partial charge in [-0.15, -0.1) is 0 Å². The molecule has 1 saturated carbocycles. The van der Waals surface area contributed by atoms with Gasteiger partial charge in [0.25, 0.3) is 0 Å². The fourth-order valence-electron chi connectivity index (χ4n) is 4.76. The zero-order valence-corrected chi connectivity index (χ0v) is 14.4. The van der Waals surface area contributed by atoms with Crippen LogP contribution in [-0.4, -0.2) is 30.1 Å². The van der Waals surface area contributed by atoms with Crippen molar-refractivity contribution in [1.82, 2.24) is 10.2 Å². The molecule has 3 nitrogen and oxygen atoms in total. The average Bonchev–Trinajstić information content (AvgIpc) is 2.70. The molecule has 1 aliphatic heterocycles. The molecule has 1 aromatic rings. The Morgan fingerprint density at radius 1 is 1.26 bits per heavy atom. The lowest BCUT2D eigenvalue weighted by molar-refractivity contribution is 0.129. The predicted molar refractivity (Wildman–Crippen MR) is 89.7 cm³/mol. The molecule has 2 fully saturated rings. The summed E-state index contributed by atoms with van der Waals surface area (Å²) in [5.41, 5.74) is 1.63. The predicted octanol–water partition coefficient (Wildman–Crippen LogP) is 3.98. The molecule has 2 unspecified atom stereocenters. The molecule has 1 N–H and O–H groups in total. The van der Waals surface area contributed by atoms with Crippen LogP contribution in [0.25, 0.3) is 0 Å². The number of urea groups is 1. The van der Waals surface area contributed by atoms with Crippen LogP contribution in [0, 0.1) is 16.6 Å². The van der Waals surface area contributed by atoms with Gasteiger partial charge in [0.1, 0.15) is 5.82 Å². The molecule has 2 amide bonds. The molecule has 126 valence electrons. The number of amides is 2. The maximum absolute atomic E-state index is 12.9. The number of carbonyl (C=O) groups is 1. The molecule has 1 aromatic carbocycles. The second kappa shape index (κ2) is 5.81. The zero-order chi connectivity index (χ0) is 16.7. The Morgan fingerprint density at radius 3 is 2.65 bits per heavy atom. The smallest absolute Gasteiger partial charge is 0.317 e. The second-order valence-corrected chi connectivity index (χ2v) is 8.45. The normalized spacial score (nSPS) is 28.7. The third-order valence-corrected chi connectivity index (χ3v) is 5.28. The van der Waals surface area contributed by atoms with Gasteiger partial charge in [-0.05, 0) is 54.2 Å². The number of nitrogens with one attached hydrogen (secondary N) is 1. The van der Waals surface area contributed by atoms with Crippen molar-refractivity contribution in [1.29, 1.82) is 0 Å². The molecule has 2 atom stereocenters. The van der Waals surface area contributed by atoms with Crippen molar-refractivity contribution in [2.24, 2.45) is 10.8 Å². The van der Waals surface area contributed by atoms with Gasteiger partial charge in [0.15, 0.2) is 0 Å². The number of carbonyl (C=O) groups excluding carboxylic acids is 1. The van der Waals surface area contributed by atoms with Crippen molar-refractivity contribution in [2.45, 2.75) is 52.5 Å². The highest BCUT2D eigenvalue weighted by molar-refractivity contribution is 5.75. The van der Waals surface area contributed by atoms with E-state index in [1.165, 1.54) is 18.6 Å². The number of hydrogen-bond donors (Lipinski definition) is 1. The molecule has 2 aliphatic rings. The van der Waals surface area contributed by atoms with E-state index in [2.05, 4.69) is 26.1 Å². The standard InChI is InChI=1S/C19H27FN2O/c1-18(2)10-16-11-19(3,12-18)13-22(16)17(23)21-9-8-14-4-6-15(20)7-5-14/h4-7,16H,8-13H2,1-3H3,(H,21,23). The zero-order valence-electron chi connectivity index (χ0n) is 14.4. The van der Waals surface area contributed by atoms with Crippen LogP contribution in [0.5, 0.6) is 0 Å². The van der Waals surface area contributed by atoms with Crippen LogP contribution >= 0.6 is 0 Å². The van der Waals surface area contributed by atoms with Gasteiger partial charge in [0, 0.05) is 19.1 Å². The van der Waals surface area contributed by atoms with Gasteiger partial charge in [-0.1, -0.05) is 32.9 Å². The molecule has 2 bridgehead atoms. The lowest BCUT2D eigenvalue weighted by Crippen LogP contribution is -2.44. The topological polar surface area (TPSA) is 32.3 Å². The minimum atomic E-state index is -0.224. The van der Waals surface area contributed by atoms with Gasteiger partial charge < -0.3 is 10.2 Å². The lowest BCUT2D eigenvalue weighted by atomic mass is 9.65. The molecule has 23 heavy (non-hydrogen) atoms. The summed E-state index contributed by atoms with van der Waals surface area (Å²) in [6, 6.07) is 6.89. The van der Waals surface area contributed by atoms with Crippen molar-refractivity contribution >= 4 is 6.03 Å². The SMILES string of the molecule is CC1(C)CC2CC(C)(CN2C(=O)NCCc2ccc(F)cc2)C1. The Kier molecular flexibility index (Phi) is 4.11. The number of halogens is 1. The quantitative estimate of drug-likeness (QED) is 0.898. The summed E-state index contributed by atoms with van der Waals surface area (Å²) in [6.07, 6.45) is 4.14. The molecule has 1 heterocycles. The van der Waals surface area contributed by atoms with Crippen molar-refractivity contribution in [3.63, 3.8) is 0 Å². The summed E-state index contributed by atoms with van der Waals surface area (Å²) in [5, 5.41) is 3.04. The molecule has 0 radical (unpaired) electrons. The van der Waals surface area contributed by atoms with Crippen LogP contribution in [0.1, 0.15) is 45.6 Å². The highest BCUT2D eigenvalue weighted by atomic mass is 19.1. The van der Waals surface area contributed by atoms with Gasteiger partial charge in [-0.2, -0.15) is 0 Å². The number of benzene rings is 1. The van der Waals surface area contributed by atoms with Gasteiger partial charge in [0.2, 0.25) is 0 Å². The first-order valence-electron chi connectivity index (χ1n) is 8.55. The van der Waals surface area contributed by atoms with Crippen LogP contribution < -0.4 is 5.32 Å². The highest BCUT2D eigenvalue weighted by Gasteiger charge is 2.50. The maximum Gasteiger partial charge on any atom is 0.317 e. The van der Waals surface area contributed by atoms with E-state index >= 15 is 0 Å². The Balaban J connectivity index is 1.54. The summed E-state index contributed by atoms with van der Waals surface area (Å²) < 4.78 is 12.9. The summed E-state index contributed by atoms with van der Waals surface area (Å²) in [4.78, 5) is 14.6. The monoisotopic (exact) mass is 318 g/mol. The van der Waals surface area contributed by atoms with Crippen LogP contribution in [0.4, 0.5) is 9.18 Å². The van der Waals surface area contributed by atoms with E-state index in [0.29, 0.717) is 18.0 Å². The summed E-state index contributed by atoms with van der Waals surface area (Å²) in [6.45, 7) is 8.39. The Labute approximate surface area is 138 Å². The van der Waals surface area contributed by atoms with Crippen LogP contribution in [0.3, 0.4) is 0 Å². The third kappa shape index (κ3) is 3.67. The molecule has 0 aromatic heterocycles. The minimum Gasteiger partial charge on any atom is -0.338 e. The molecule has 1 aliphatic carbocycles. The van der Waals surface area contributed by atoms with Crippen molar-refractivity contribution < 1.29 is 9.18 Å². The first-order valence-corrected chi connectivity index (χ1v) is 8.55. The Morgan fingerprint density at radius 2 is 1.96 bits per heavy atom. The van der Waals surface area contributed by atoms with Crippen molar-refractivity contribution in [3.05, 3.63) is 35.6 Å². The third-order valence-electron chi connectivity index (χ3n) is 5.28. The largest absolute Gasteiger partial charge is 0.338 e. The van der Waals surface area contributed by atoms with Gasteiger partial charge in [-0.3, -0.25) is 0 Å². The highest BCUT2D eigenvalue weighted by Crippen LogP contribution is 2.52. The molecule has 1 saturated heterocycles. The number of rotatable bonds is 3. The van der Waals surface area contributed by atoms with E-state index in [1.807, 2.05) is 4.90 Å². The fraction of sp³-hybridized carbons (Fsp3) is 0.632.